The smallest absolute Gasteiger partial charge is 0.245 e. The molecule has 0 aromatic heterocycles. The Morgan fingerprint density at radius 2 is 1.92 bits per heavy atom. The summed E-state index contributed by atoms with van der Waals surface area (Å²) in [7, 11) is -3.67. The largest absolute Gasteiger partial charge is 0.454 e. The van der Waals surface area contributed by atoms with Gasteiger partial charge in [0.15, 0.2) is 11.5 Å². The van der Waals surface area contributed by atoms with E-state index in [2.05, 4.69) is 21.2 Å². The lowest BCUT2D eigenvalue weighted by Crippen LogP contribution is -2.37. The average molecular weight is 441 g/mol. The number of nitrogens with one attached hydrogen (secondary N) is 1. The molecule has 1 aliphatic heterocycles. The van der Waals surface area contributed by atoms with Gasteiger partial charge in [0.05, 0.1) is 11.9 Å². The summed E-state index contributed by atoms with van der Waals surface area (Å²) in [5.74, 6) is 0.534. The fourth-order valence-electron chi connectivity index (χ4n) is 2.49. The number of aryl methyl sites for hydroxylation is 1. The molecule has 0 atom stereocenters. The minimum absolute atomic E-state index is 0.0844. The summed E-state index contributed by atoms with van der Waals surface area (Å²) in [5.41, 5.74) is 1.88. The highest BCUT2D eigenvalue weighted by Crippen LogP contribution is 2.36. The Kier molecular flexibility index (Phi) is 5.10. The van der Waals surface area contributed by atoms with E-state index < -0.39 is 15.9 Å². The molecule has 0 saturated heterocycles. The van der Waals surface area contributed by atoms with Crippen molar-refractivity contribution in [1.82, 2.24) is 0 Å². The molecular formula is C17H17BrN2O5S. The third-order valence-electron chi connectivity index (χ3n) is 3.77. The second-order valence-electron chi connectivity index (χ2n) is 5.82. The molecule has 2 aromatic rings. The number of fused-ring (bicyclic) bond motifs is 1. The zero-order valence-electron chi connectivity index (χ0n) is 14.2. The van der Waals surface area contributed by atoms with E-state index in [9.17, 15) is 13.2 Å². The Morgan fingerprint density at radius 1 is 1.19 bits per heavy atom. The molecule has 138 valence electrons. The van der Waals surface area contributed by atoms with Gasteiger partial charge in [-0.3, -0.25) is 9.10 Å². The van der Waals surface area contributed by atoms with Crippen LogP contribution in [0.25, 0.3) is 0 Å². The minimum atomic E-state index is -3.67. The quantitative estimate of drug-likeness (QED) is 0.772. The van der Waals surface area contributed by atoms with Gasteiger partial charge in [-0.2, -0.15) is 0 Å². The maximum atomic E-state index is 12.4. The lowest BCUT2D eigenvalue weighted by molar-refractivity contribution is -0.114. The molecule has 26 heavy (non-hydrogen) atoms. The molecule has 7 nitrogen and oxygen atoms in total. The monoisotopic (exact) mass is 440 g/mol. The van der Waals surface area contributed by atoms with Crippen molar-refractivity contribution in [2.45, 2.75) is 6.92 Å². The number of benzene rings is 2. The summed E-state index contributed by atoms with van der Waals surface area (Å²) in [4.78, 5) is 12.4. The van der Waals surface area contributed by atoms with Gasteiger partial charge in [-0.05, 0) is 42.8 Å². The van der Waals surface area contributed by atoms with Crippen molar-refractivity contribution in [3.63, 3.8) is 0 Å². The summed E-state index contributed by atoms with van der Waals surface area (Å²) in [6.07, 6.45) is 1.05. The number of sulfonamides is 1. The average Bonchev–Trinajstić information content (AvgIpc) is 3.02. The Labute approximate surface area is 160 Å². The molecular weight excluding hydrogens is 424 g/mol. The number of halogens is 1. The molecule has 0 aliphatic carbocycles. The second kappa shape index (κ2) is 7.16. The highest BCUT2D eigenvalue weighted by molar-refractivity contribution is 9.10. The first-order valence-electron chi connectivity index (χ1n) is 7.67. The van der Waals surface area contributed by atoms with E-state index in [0.29, 0.717) is 22.9 Å². The third kappa shape index (κ3) is 4.10. The van der Waals surface area contributed by atoms with E-state index in [1.54, 1.807) is 30.3 Å². The zero-order chi connectivity index (χ0) is 18.9. The van der Waals surface area contributed by atoms with Crippen molar-refractivity contribution in [2.75, 3.05) is 29.2 Å². The topological polar surface area (TPSA) is 84.9 Å². The number of carbonyl (C=O) groups excluding carboxylic acids is 1. The van der Waals surface area contributed by atoms with Gasteiger partial charge in [-0.1, -0.05) is 15.9 Å². The SMILES string of the molecule is Cc1cc(NC(=O)CN(c2ccc3c(c2)OCO3)S(C)(=O)=O)ccc1Br. The van der Waals surface area contributed by atoms with Crippen LogP contribution < -0.4 is 19.1 Å². The van der Waals surface area contributed by atoms with E-state index in [1.165, 1.54) is 0 Å². The van der Waals surface area contributed by atoms with Crippen LogP contribution in [0.5, 0.6) is 11.5 Å². The van der Waals surface area contributed by atoms with Crippen LogP contribution in [-0.4, -0.2) is 33.9 Å². The van der Waals surface area contributed by atoms with E-state index in [4.69, 9.17) is 9.47 Å². The van der Waals surface area contributed by atoms with Crippen molar-refractivity contribution >= 4 is 43.2 Å². The predicted molar refractivity (Wildman–Crippen MR) is 102 cm³/mol. The van der Waals surface area contributed by atoms with Crippen molar-refractivity contribution in [3.05, 3.63) is 46.4 Å². The van der Waals surface area contributed by atoms with Gasteiger partial charge in [0.25, 0.3) is 0 Å². The molecule has 0 spiro atoms. The number of nitrogens with zero attached hydrogens (tertiary/aromatic N) is 1. The predicted octanol–water partition coefficient (Wildman–Crippen LogP) is 2.89. The molecule has 3 rings (SSSR count). The van der Waals surface area contributed by atoms with Crippen LogP contribution >= 0.6 is 15.9 Å². The van der Waals surface area contributed by atoms with Gasteiger partial charge in [0, 0.05) is 16.2 Å². The highest BCUT2D eigenvalue weighted by atomic mass is 79.9. The van der Waals surface area contributed by atoms with E-state index in [-0.39, 0.29) is 13.3 Å². The lowest BCUT2D eigenvalue weighted by atomic mass is 10.2. The van der Waals surface area contributed by atoms with Gasteiger partial charge in [-0.25, -0.2) is 8.42 Å². The summed E-state index contributed by atoms with van der Waals surface area (Å²) in [6.45, 7) is 1.63. The minimum Gasteiger partial charge on any atom is -0.454 e. The van der Waals surface area contributed by atoms with Gasteiger partial charge < -0.3 is 14.8 Å². The molecule has 0 fully saturated rings. The Hall–Kier alpha value is -2.26. The van der Waals surface area contributed by atoms with Crippen molar-refractivity contribution in [3.8, 4) is 11.5 Å². The van der Waals surface area contributed by atoms with Crippen molar-refractivity contribution in [1.29, 1.82) is 0 Å². The Bertz CT molecular complexity index is 962. The van der Waals surface area contributed by atoms with Gasteiger partial charge in [-0.15, -0.1) is 0 Å². The number of ether oxygens (including phenoxy) is 2. The molecule has 1 aliphatic rings. The number of hydrogen-bond acceptors (Lipinski definition) is 5. The standard InChI is InChI=1S/C17H17BrN2O5S/c1-11-7-12(3-5-14(11)18)19-17(21)9-20(26(2,22)23)13-4-6-15-16(8-13)25-10-24-15/h3-8H,9-10H2,1-2H3,(H,19,21). The van der Waals surface area contributed by atoms with Crippen LogP contribution in [0.2, 0.25) is 0 Å². The molecule has 0 radical (unpaired) electrons. The molecule has 0 bridgehead atoms. The molecule has 9 heteroatoms. The first kappa shape index (κ1) is 18.5. The Balaban J connectivity index is 1.80. The maximum Gasteiger partial charge on any atom is 0.245 e. The normalized spacial score (nSPS) is 12.7. The van der Waals surface area contributed by atoms with Crippen LogP contribution in [0.1, 0.15) is 5.56 Å². The first-order chi connectivity index (χ1) is 12.2. The van der Waals surface area contributed by atoms with E-state index in [0.717, 1.165) is 20.6 Å². The van der Waals surface area contributed by atoms with Crippen LogP contribution in [0.4, 0.5) is 11.4 Å². The van der Waals surface area contributed by atoms with E-state index in [1.807, 2.05) is 13.0 Å². The summed E-state index contributed by atoms with van der Waals surface area (Å²) >= 11 is 3.39. The van der Waals surface area contributed by atoms with Crippen LogP contribution in [-0.2, 0) is 14.8 Å². The summed E-state index contributed by atoms with van der Waals surface area (Å²) in [5, 5.41) is 2.71. The number of hydrogen-bond donors (Lipinski definition) is 1. The van der Waals surface area contributed by atoms with E-state index >= 15 is 0 Å². The van der Waals surface area contributed by atoms with Crippen molar-refractivity contribution in [2.24, 2.45) is 0 Å². The highest BCUT2D eigenvalue weighted by Gasteiger charge is 2.23. The number of carbonyl (C=O) groups is 1. The summed E-state index contributed by atoms with van der Waals surface area (Å²) in [6, 6.07) is 10.1. The molecule has 1 heterocycles. The third-order valence-corrected chi connectivity index (χ3v) is 5.80. The fraction of sp³-hybridized carbons (Fsp3) is 0.235. The number of anilines is 2. The first-order valence-corrected chi connectivity index (χ1v) is 10.3. The Morgan fingerprint density at radius 3 is 2.62 bits per heavy atom. The van der Waals surface area contributed by atoms with Gasteiger partial charge in [0.1, 0.15) is 6.54 Å². The molecule has 2 aromatic carbocycles. The van der Waals surface area contributed by atoms with Gasteiger partial charge in [0.2, 0.25) is 22.7 Å². The molecule has 1 amide bonds. The fourth-order valence-corrected chi connectivity index (χ4v) is 3.59. The molecule has 0 saturated carbocycles. The van der Waals surface area contributed by atoms with Crippen LogP contribution in [0.3, 0.4) is 0 Å². The number of rotatable bonds is 5. The van der Waals surface area contributed by atoms with Crippen LogP contribution in [0, 0.1) is 6.92 Å². The molecule has 1 N–H and O–H groups in total. The summed E-state index contributed by atoms with van der Waals surface area (Å²) < 4.78 is 36.8. The lowest BCUT2D eigenvalue weighted by Gasteiger charge is -2.22. The molecule has 0 unspecified atom stereocenters. The van der Waals surface area contributed by atoms with Crippen molar-refractivity contribution < 1.29 is 22.7 Å². The second-order valence-corrected chi connectivity index (χ2v) is 8.58. The zero-order valence-corrected chi connectivity index (χ0v) is 16.6. The van der Waals surface area contributed by atoms with Gasteiger partial charge >= 0.3 is 0 Å². The number of amides is 1. The maximum absolute atomic E-state index is 12.4. The van der Waals surface area contributed by atoms with Crippen LogP contribution in [0.15, 0.2) is 40.9 Å².